The number of aromatic nitrogens is 2. The zero-order valence-electron chi connectivity index (χ0n) is 9.77. The molecule has 0 spiro atoms. The minimum Gasteiger partial charge on any atom is -0.368 e. The van der Waals surface area contributed by atoms with Crippen LogP contribution in [0.5, 0.6) is 0 Å². The van der Waals surface area contributed by atoms with Crippen molar-refractivity contribution < 1.29 is 0 Å². The molecule has 1 heterocycles. The third-order valence-electron chi connectivity index (χ3n) is 2.21. The molecule has 0 bridgehead atoms. The van der Waals surface area contributed by atoms with Crippen LogP contribution in [0.15, 0.2) is 35.2 Å². The van der Waals surface area contributed by atoms with E-state index in [0.717, 1.165) is 11.4 Å². The average Bonchev–Trinajstić information content (AvgIpc) is 2.28. The third kappa shape index (κ3) is 3.10. The Kier molecular flexibility index (Phi) is 3.49. The summed E-state index contributed by atoms with van der Waals surface area (Å²) in [6, 6.07) is 9.99. The largest absolute Gasteiger partial charge is 0.368 e. The van der Waals surface area contributed by atoms with Gasteiger partial charge in [-0.25, -0.2) is 4.98 Å². The monoisotopic (exact) mass is 246 g/mol. The number of nitrogens with zero attached hydrogens (tertiary/aromatic N) is 2. The van der Waals surface area contributed by atoms with Gasteiger partial charge >= 0.3 is 0 Å². The summed E-state index contributed by atoms with van der Waals surface area (Å²) in [5.74, 6) is 1.00. The van der Waals surface area contributed by atoms with Crippen LogP contribution in [0.3, 0.4) is 0 Å². The molecule has 0 aliphatic rings. The Bertz CT molecular complexity index is 507. The molecule has 0 atom stereocenters. The first kappa shape index (κ1) is 11.7. The van der Waals surface area contributed by atoms with Gasteiger partial charge in [-0.15, -0.1) is 11.8 Å². The van der Waals surface area contributed by atoms with Crippen LogP contribution in [0.25, 0.3) is 0 Å². The number of nitrogens with two attached hydrogens (primary N) is 1. The lowest BCUT2D eigenvalue weighted by Gasteiger charge is -2.07. The molecule has 1 aromatic heterocycles. The molecule has 0 aliphatic heterocycles. The van der Waals surface area contributed by atoms with Gasteiger partial charge in [-0.05, 0) is 31.4 Å². The highest BCUT2D eigenvalue weighted by molar-refractivity contribution is 7.98. The lowest BCUT2D eigenvalue weighted by molar-refractivity contribution is 1.12. The second-order valence-electron chi connectivity index (χ2n) is 3.61. The van der Waals surface area contributed by atoms with Crippen molar-refractivity contribution in [2.75, 3.05) is 17.3 Å². The van der Waals surface area contributed by atoms with Crippen LogP contribution in [0, 0.1) is 6.92 Å². The van der Waals surface area contributed by atoms with E-state index in [4.69, 9.17) is 5.73 Å². The first-order valence-corrected chi connectivity index (χ1v) is 6.42. The Labute approximate surface area is 105 Å². The van der Waals surface area contributed by atoms with Crippen molar-refractivity contribution in [1.82, 2.24) is 9.97 Å². The maximum Gasteiger partial charge on any atom is 0.222 e. The van der Waals surface area contributed by atoms with E-state index < -0.39 is 0 Å². The van der Waals surface area contributed by atoms with Crippen LogP contribution < -0.4 is 11.1 Å². The highest BCUT2D eigenvalue weighted by Gasteiger charge is 2.00. The molecule has 4 nitrogen and oxygen atoms in total. The van der Waals surface area contributed by atoms with Gasteiger partial charge in [0.05, 0.1) is 0 Å². The maximum atomic E-state index is 5.60. The number of nitrogen functional groups attached to an aromatic ring is 1. The Morgan fingerprint density at radius 1 is 1.24 bits per heavy atom. The molecule has 17 heavy (non-hydrogen) atoms. The number of nitrogens with one attached hydrogen (secondary N) is 1. The molecular formula is C12H14N4S. The number of anilines is 3. The van der Waals surface area contributed by atoms with Gasteiger partial charge in [-0.2, -0.15) is 4.98 Å². The van der Waals surface area contributed by atoms with Crippen LogP contribution in [0.4, 0.5) is 17.5 Å². The second-order valence-corrected chi connectivity index (χ2v) is 4.49. The van der Waals surface area contributed by atoms with Gasteiger partial charge in [0.1, 0.15) is 5.82 Å². The van der Waals surface area contributed by atoms with Gasteiger partial charge in [0.2, 0.25) is 5.95 Å². The predicted molar refractivity (Wildman–Crippen MR) is 72.7 cm³/mol. The van der Waals surface area contributed by atoms with E-state index in [9.17, 15) is 0 Å². The minimum absolute atomic E-state index is 0.286. The summed E-state index contributed by atoms with van der Waals surface area (Å²) >= 11 is 1.70. The number of hydrogen-bond acceptors (Lipinski definition) is 5. The molecule has 0 saturated heterocycles. The smallest absolute Gasteiger partial charge is 0.222 e. The van der Waals surface area contributed by atoms with Gasteiger partial charge in [-0.3, -0.25) is 0 Å². The molecule has 2 aromatic rings. The van der Waals surface area contributed by atoms with Crippen LogP contribution in [0.1, 0.15) is 5.69 Å². The maximum absolute atomic E-state index is 5.60. The van der Waals surface area contributed by atoms with E-state index >= 15 is 0 Å². The van der Waals surface area contributed by atoms with E-state index in [0.29, 0.717) is 5.82 Å². The summed E-state index contributed by atoms with van der Waals surface area (Å²) in [6.45, 7) is 1.89. The summed E-state index contributed by atoms with van der Waals surface area (Å²) in [5, 5.41) is 3.22. The molecule has 88 valence electrons. The molecule has 1 aromatic carbocycles. The molecule has 0 amide bonds. The summed E-state index contributed by atoms with van der Waals surface area (Å²) in [7, 11) is 0. The van der Waals surface area contributed by atoms with Crippen LogP contribution in [0.2, 0.25) is 0 Å². The van der Waals surface area contributed by atoms with E-state index in [2.05, 4.69) is 27.4 Å². The standard InChI is InChI=1S/C12H14N4S/c1-8-6-11(16-12(13)14-8)15-9-4-3-5-10(7-9)17-2/h3-7H,1-2H3,(H3,13,14,15,16). The third-order valence-corrected chi connectivity index (χ3v) is 2.94. The van der Waals surface area contributed by atoms with Crippen molar-refractivity contribution >= 4 is 29.2 Å². The van der Waals surface area contributed by atoms with Gasteiger partial charge < -0.3 is 11.1 Å². The highest BCUT2D eigenvalue weighted by atomic mass is 32.2. The number of thioether (sulfide) groups is 1. The predicted octanol–water partition coefficient (Wildman–Crippen LogP) is 2.83. The lowest BCUT2D eigenvalue weighted by Crippen LogP contribution is -2.01. The first-order chi connectivity index (χ1) is 8.17. The normalized spacial score (nSPS) is 10.2. The SMILES string of the molecule is CSc1cccc(Nc2cc(C)nc(N)n2)c1. The first-order valence-electron chi connectivity index (χ1n) is 5.19. The molecule has 2 rings (SSSR count). The summed E-state index contributed by atoms with van der Waals surface area (Å²) in [5.41, 5.74) is 7.45. The summed E-state index contributed by atoms with van der Waals surface area (Å²) < 4.78 is 0. The van der Waals surface area contributed by atoms with E-state index in [1.807, 2.05) is 31.4 Å². The van der Waals surface area contributed by atoms with Gasteiger partial charge in [-0.1, -0.05) is 6.07 Å². The Morgan fingerprint density at radius 2 is 2.06 bits per heavy atom. The fourth-order valence-corrected chi connectivity index (χ4v) is 1.96. The fourth-order valence-electron chi connectivity index (χ4n) is 1.50. The average molecular weight is 246 g/mol. The molecule has 0 unspecified atom stereocenters. The van der Waals surface area contributed by atoms with Gasteiger partial charge in [0, 0.05) is 22.3 Å². The van der Waals surface area contributed by atoms with Crippen LogP contribution in [-0.4, -0.2) is 16.2 Å². The molecule has 0 radical (unpaired) electrons. The minimum atomic E-state index is 0.286. The summed E-state index contributed by atoms with van der Waals surface area (Å²) in [6.07, 6.45) is 2.05. The Balaban J connectivity index is 2.24. The zero-order valence-corrected chi connectivity index (χ0v) is 10.6. The topological polar surface area (TPSA) is 63.8 Å². The number of aryl methyl sites for hydroxylation is 1. The van der Waals surface area contributed by atoms with Crippen LogP contribution in [-0.2, 0) is 0 Å². The fraction of sp³-hybridized carbons (Fsp3) is 0.167. The van der Waals surface area contributed by atoms with E-state index in [1.54, 1.807) is 11.8 Å². The van der Waals surface area contributed by atoms with Crippen molar-refractivity contribution in [2.24, 2.45) is 0 Å². The number of rotatable bonds is 3. The highest BCUT2D eigenvalue weighted by Crippen LogP contribution is 2.21. The van der Waals surface area contributed by atoms with Crippen molar-refractivity contribution in [2.45, 2.75) is 11.8 Å². The van der Waals surface area contributed by atoms with Crippen molar-refractivity contribution in [3.8, 4) is 0 Å². The molecule has 0 saturated carbocycles. The van der Waals surface area contributed by atoms with Crippen LogP contribution >= 0.6 is 11.8 Å². The van der Waals surface area contributed by atoms with E-state index in [1.165, 1.54) is 4.90 Å². The molecule has 0 fully saturated rings. The second kappa shape index (κ2) is 5.05. The molecule has 0 aliphatic carbocycles. The zero-order chi connectivity index (χ0) is 12.3. The number of hydrogen-bond donors (Lipinski definition) is 2. The van der Waals surface area contributed by atoms with Crippen molar-refractivity contribution in [3.05, 3.63) is 36.0 Å². The molecule has 3 N–H and O–H groups in total. The van der Waals surface area contributed by atoms with Crippen molar-refractivity contribution in [1.29, 1.82) is 0 Å². The van der Waals surface area contributed by atoms with E-state index in [-0.39, 0.29) is 5.95 Å². The lowest BCUT2D eigenvalue weighted by atomic mass is 10.3. The quantitative estimate of drug-likeness (QED) is 0.815. The Hall–Kier alpha value is -1.75. The summed E-state index contributed by atoms with van der Waals surface area (Å²) in [4.78, 5) is 9.37. The van der Waals surface area contributed by atoms with Crippen molar-refractivity contribution in [3.63, 3.8) is 0 Å². The Morgan fingerprint density at radius 3 is 2.76 bits per heavy atom. The number of benzene rings is 1. The molecular weight excluding hydrogens is 232 g/mol. The molecule has 5 heteroatoms. The van der Waals surface area contributed by atoms with Gasteiger partial charge in [0.25, 0.3) is 0 Å². The van der Waals surface area contributed by atoms with Gasteiger partial charge in [0.15, 0.2) is 0 Å².